The number of aromatic nitrogens is 2. The van der Waals surface area contributed by atoms with Crippen molar-refractivity contribution >= 4 is 0 Å². The molecule has 3 nitrogen and oxygen atoms in total. The Bertz CT molecular complexity index is 657. The number of phenolic OH excluding ortho intramolecular Hbond substituents is 1. The van der Waals surface area contributed by atoms with E-state index >= 15 is 0 Å². The van der Waals surface area contributed by atoms with Crippen molar-refractivity contribution in [1.82, 2.24) is 9.55 Å². The molecule has 0 spiro atoms. The van der Waals surface area contributed by atoms with Crippen LogP contribution >= 0.6 is 0 Å². The average Bonchev–Trinajstić information content (AvgIpc) is 2.89. The van der Waals surface area contributed by atoms with Crippen LogP contribution in [0.15, 0.2) is 67.0 Å². The van der Waals surface area contributed by atoms with Crippen molar-refractivity contribution in [3.05, 3.63) is 72.6 Å². The highest BCUT2D eigenvalue weighted by atomic mass is 16.3. The second-order valence-corrected chi connectivity index (χ2v) is 4.41. The topological polar surface area (TPSA) is 38.1 Å². The molecular weight excluding hydrogens is 236 g/mol. The van der Waals surface area contributed by atoms with E-state index in [4.69, 9.17) is 0 Å². The molecule has 0 fully saturated rings. The second-order valence-electron chi connectivity index (χ2n) is 4.41. The first-order valence-corrected chi connectivity index (χ1v) is 6.17. The highest BCUT2D eigenvalue weighted by Crippen LogP contribution is 2.21. The van der Waals surface area contributed by atoms with Gasteiger partial charge in [-0.25, -0.2) is 4.98 Å². The maximum Gasteiger partial charge on any atom is 0.140 e. The standard InChI is InChI=1S/C16H14N2O/c19-15-8-6-14(7-9-15)16-17-10-11-18(16)12-13-4-2-1-3-5-13/h1-11,19H,12H2. The molecule has 19 heavy (non-hydrogen) atoms. The lowest BCUT2D eigenvalue weighted by molar-refractivity contribution is 0.475. The molecule has 0 aliphatic carbocycles. The fourth-order valence-corrected chi connectivity index (χ4v) is 2.09. The minimum absolute atomic E-state index is 0.268. The molecule has 2 aromatic carbocycles. The van der Waals surface area contributed by atoms with Gasteiger partial charge in [0.1, 0.15) is 11.6 Å². The number of phenols is 1. The molecule has 1 aromatic heterocycles. The van der Waals surface area contributed by atoms with Crippen LogP contribution in [0.4, 0.5) is 0 Å². The number of rotatable bonds is 3. The number of nitrogens with zero attached hydrogens (tertiary/aromatic N) is 2. The quantitative estimate of drug-likeness (QED) is 0.774. The fourth-order valence-electron chi connectivity index (χ4n) is 2.09. The molecule has 0 aliphatic rings. The van der Waals surface area contributed by atoms with E-state index in [1.165, 1.54) is 5.56 Å². The maximum atomic E-state index is 9.33. The molecule has 3 aromatic rings. The van der Waals surface area contributed by atoms with Crippen LogP contribution in [0.2, 0.25) is 0 Å². The minimum Gasteiger partial charge on any atom is -0.508 e. The van der Waals surface area contributed by atoms with E-state index in [0.29, 0.717) is 0 Å². The van der Waals surface area contributed by atoms with E-state index in [1.807, 2.05) is 36.5 Å². The minimum atomic E-state index is 0.268. The monoisotopic (exact) mass is 250 g/mol. The van der Waals surface area contributed by atoms with Gasteiger partial charge >= 0.3 is 0 Å². The van der Waals surface area contributed by atoms with Crippen molar-refractivity contribution in [2.45, 2.75) is 6.54 Å². The Balaban J connectivity index is 1.92. The van der Waals surface area contributed by atoms with Gasteiger partial charge in [0.05, 0.1) is 0 Å². The Kier molecular flexibility index (Phi) is 3.02. The molecule has 0 bridgehead atoms. The molecule has 0 atom stereocenters. The average molecular weight is 250 g/mol. The van der Waals surface area contributed by atoms with Gasteiger partial charge in [0, 0.05) is 24.5 Å². The highest BCUT2D eigenvalue weighted by molar-refractivity contribution is 5.56. The molecule has 0 saturated carbocycles. The molecule has 3 heteroatoms. The van der Waals surface area contributed by atoms with E-state index in [2.05, 4.69) is 21.7 Å². The van der Waals surface area contributed by atoms with Crippen LogP contribution in [0.5, 0.6) is 5.75 Å². The molecule has 94 valence electrons. The third-order valence-corrected chi connectivity index (χ3v) is 3.04. The van der Waals surface area contributed by atoms with Gasteiger partial charge in [0.2, 0.25) is 0 Å². The van der Waals surface area contributed by atoms with E-state index in [9.17, 15) is 5.11 Å². The third-order valence-electron chi connectivity index (χ3n) is 3.04. The Hall–Kier alpha value is -2.55. The van der Waals surface area contributed by atoms with Gasteiger partial charge in [-0.05, 0) is 29.8 Å². The van der Waals surface area contributed by atoms with Gasteiger partial charge < -0.3 is 9.67 Å². The number of imidazole rings is 1. The fraction of sp³-hybridized carbons (Fsp3) is 0.0625. The van der Waals surface area contributed by atoms with Crippen LogP contribution in [-0.2, 0) is 6.54 Å². The van der Waals surface area contributed by atoms with Gasteiger partial charge in [0.25, 0.3) is 0 Å². The summed E-state index contributed by atoms with van der Waals surface area (Å²) in [7, 11) is 0. The number of aromatic hydroxyl groups is 1. The molecule has 0 amide bonds. The lowest BCUT2D eigenvalue weighted by Gasteiger charge is -2.08. The zero-order valence-electron chi connectivity index (χ0n) is 10.4. The van der Waals surface area contributed by atoms with Crippen molar-refractivity contribution in [2.24, 2.45) is 0 Å². The summed E-state index contributed by atoms with van der Waals surface area (Å²) < 4.78 is 2.10. The normalized spacial score (nSPS) is 10.5. The third kappa shape index (κ3) is 2.50. The van der Waals surface area contributed by atoms with Crippen LogP contribution in [0.3, 0.4) is 0 Å². The van der Waals surface area contributed by atoms with E-state index in [0.717, 1.165) is 17.9 Å². The molecule has 3 rings (SSSR count). The lowest BCUT2D eigenvalue weighted by Crippen LogP contribution is -2.00. The molecule has 1 heterocycles. The summed E-state index contributed by atoms with van der Waals surface area (Å²) in [6, 6.07) is 17.4. The highest BCUT2D eigenvalue weighted by Gasteiger charge is 2.06. The van der Waals surface area contributed by atoms with Crippen LogP contribution < -0.4 is 0 Å². The summed E-state index contributed by atoms with van der Waals surface area (Å²) in [6.45, 7) is 0.789. The molecule has 0 unspecified atom stereocenters. The summed E-state index contributed by atoms with van der Waals surface area (Å²) >= 11 is 0. The van der Waals surface area contributed by atoms with Crippen molar-refractivity contribution < 1.29 is 5.11 Å². The van der Waals surface area contributed by atoms with Crippen molar-refractivity contribution in [1.29, 1.82) is 0 Å². The Morgan fingerprint density at radius 3 is 2.42 bits per heavy atom. The summed E-state index contributed by atoms with van der Waals surface area (Å²) in [6.07, 6.45) is 3.76. The van der Waals surface area contributed by atoms with Crippen LogP contribution in [-0.4, -0.2) is 14.7 Å². The molecule has 0 aliphatic heterocycles. The summed E-state index contributed by atoms with van der Waals surface area (Å²) in [5.41, 5.74) is 2.24. The summed E-state index contributed by atoms with van der Waals surface area (Å²) in [5.74, 6) is 1.17. The Labute approximate surface area is 111 Å². The van der Waals surface area contributed by atoms with Crippen LogP contribution in [0.1, 0.15) is 5.56 Å². The van der Waals surface area contributed by atoms with E-state index < -0.39 is 0 Å². The van der Waals surface area contributed by atoms with Crippen LogP contribution in [0, 0.1) is 0 Å². The Morgan fingerprint density at radius 1 is 0.947 bits per heavy atom. The second kappa shape index (κ2) is 4.98. The first kappa shape index (κ1) is 11.5. The van der Waals surface area contributed by atoms with Gasteiger partial charge in [-0.3, -0.25) is 0 Å². The van der Waals surface area contributed by atoms with Gasteiger partial charge in [0.15, 0.2) is 0 Å². The molecule has 0 radical (unpaired) electrons. The number of hydrogen-bond donors (Lipinski definition) is 1. The lowest BCUT2D eigenvalue weighted by atomic mass is 10.2. The number of benzene rings is 2. The van der Waals surface area contributed by atoms with Crippen LogP contribution in [0.25, 0.3) is 11.4 Å². The summed E-state index contributed by atoms with van der Waals surface area (Å²) in [4.78, 5) is 4.39. The van der Waals surface area contributed by atoms with Gasteiger partial charge in [-0.2, -0.15) is 0 Å². The first-order chi connectivity index (χ1) is 9.33. The Morgan fingerprint density at radius 2 is 1.68 bits per heavy atom. The van der Waals surface area contributed by atoms with E-state index in [1.54, 1.807) is 18.3 Å². The smallest absolute Gasteiger partial charge is 0.140 e. The van der Waals surface area contributed by atoms with Crippen molar-refractivity contribution in [3.8, 4) is 17.1 Å². The predicted octanol–water partition coefficient (Wildman–Crippen LogP) is 3.30. The molecule has 0 saturated heterocycles. The predicted molar refractivity (Wildman–Crippen MR) is 74.9 cm³/mol. The zero-order chi connectivity index (χ0) is 13.1. The summed E-state index contributed by atoms with van der Waals surface area (Å²) in [5, 5.41) is 9.33. The van der Waals surface area contributed by atoms with Gasteiger partial charge in [-0.1, -0.05) is 30.3 Å². The van der Waals surface area contributed by atoms with E-state index in [-0.39, 0.29) is 5.75 Å². The SMILES string of the molecule is Oc1ccc(-c2nccn2Cc2ccccc2)cc1. The first-order valence-electron chi connectivity index (χ1n) is 6.17. The molecular formula is C16H14N2O. The van der Waals surface area contributed by atoms with Gasteiger partial charge in [-0.15, -0.1) is 0 Å². The van der Waals surface area contributed by atoms with Crippen molar-refractivity contribution in [3.63, 3.8) is 0 Å². The van der Waals surface area contributed by atoms with Crippen molar-refractivity contribution in [2.75, 3.05) is 0 Å². The zero-order valence-corrected chi connectivity index (χ0v) is 10.4. The molecule has 1 N–H and O–H groups in total. The number of hydrogen-bond acceptors (Lipinski definition) is 2. The largest absolute Gasteiger partial charge is 0.508 e. The maximum absolute atomic E-state index is 9.33.